The predicted octanol–water partition coefficient (Wildman–Crippen LogP) is 5.14. The lowest BCUT2D eigenvalue weighted by atomic mass is 9.94. The normalized spacial score (nSPS) is 11.5. The first-order chi connectivity index (χ1) is 17.7. The first kappa shape index (κ1) is 25.5. The number of carboxylic acid groups (broad SMARTS) is 1. The number of rotatable bonds is 7. The Morgan fingerprint density at radius 3 is 2.46 bits per heavy atom. The molecule has 0 fully saturated rings. The molecule has 4 rings (SSSR count). The second kappa shape index (κ2) is 10.6. The summed E-state index contributed by atoms with van der Waals surface area (Å²) in [6, 6.07) is 13.8. The summed E-state index contributed by atoms with van der Waals surface area (Å²) >= 11 is 6.40. The maximum Gasteiger partial charge on any atom is 0.326 e. The van der Waals surface area contributed by atoms with Crippen molar-refractivity contribution in [3.05, 3.63) is 94.1 Å². The zero-order chi connectivity index (χ0) is 26.7. The minimum Gasteiger partial charge on any atom is -0.497 e. The van der Waals surface area contributed by atoms with Gasteiger partial charge in [0.05, 0.1) is 24.3 Å². The molecule has 10 heteroatoms. The van der Waals surface area contributed by atoms with Crippen LogP contribution < -0.4 is 10.1 Å². The number of fused-ring (bicyclic) bond motifs is 1. The smallest absolute Gasteiger partial charge is 0.326 e. The van der Waals surface area contributed by atoms with Crippen molar-refractivity contribution in [2.45, 2.75) is 12.5 Å². The number of carbonyl (C=O) groups is 2. The number of nitrogens with zero attached hydrogens (tertiary/aromatic N) is 2. The Morgan fingerprint density at radius 1 is 1.14 bits per heavy atom. The summed E-state index contributed by atoms with van der Waals surface area (Å²) in [5, 5.41) is 22.0. The van der Waals surface area contributed by atoms with E-state index in [0.717, 1.165) is 12.1 Å². The van der Waals surface area contributed by atoms with E-state index < -0.39 is 35.1 Å². The number of nitriles is 1. The lowest BCUT2D eigenvalue weighted by Crippen LogP contribution is -2.43. The maximum atomic E-state index is 14.4. The van der Waals surface area contributed by atoms with Crippen LogP contribution in [0.15, 0.2) is 60.8 Å². The average Bonchev–Trinajstić information content (AvgIpc) is 2.88. The molecule has 0 saturated carbocycles. The number of aliphatic carboxylic acids is 1. The standard InChI is InChI=1S/C27H18ClF2N3O4/c1-37-16-11-21(29)24(22(30)12-16)26(34)33-23(27(35)36)10-15-5-7-19(25-17(15)3-2-8-32-25)18-6-4-14(13-31)9-20(18)28/h2-9,11-12,23H,10H2,1H3,(H,33,34)(H,35,36)/t23-/m0/s1. The summed E-state index contributed by atoms with van der Waals surface area (Å²) in [4.78, 5) is 29.1. The van der Waals surface area contributed by atoms with Gasteiger partial charge in [-0.25, -0.2) is 13.6 Å². The molecule has 0 saturated heterocycles. The van der Waals surface area contributed by atoms with E-state index in [4.69, 9.17) is 21.6 Å². The van der Waals surface area contributed by atoms with Crippen LogP contribution in [0.1, 0.15) is 21.5 Å². The van der Waals surface area contributed by atoms with Gasteiger partial charge in [0.2, 0.25) is 0 Å². The van der Waals surface area contributed by atoms with Gasteiger partial charge in [0.15, 0.2) is 0 Å². The van der Waals surface area contributed by atoms with E-state index in [9.17, 15) is 23.5 Å². The molecule has 4 aromatic rings. The van der Waals surface area contributed by atoms with E-state index in [1.807, 2.05) is 6.07 Å². The zero-order valence-electron chi connectivity index (χ0n) is 19.3. The third-order valence-electron chi connectivity index (χ3n) is 5.75. The van der Waals surface area contributed by atoms with Gasteiger partial charge in [0.1, 0.15) is 29.0 Å². The fourth-order valence-electron chi connectivity index (χ4n) is 3.97. The van der Waals surface area contributed by atoms with E-state index >= 15 is 0 Å². The van der Waals surface area contributed by atoms with Gasteiger partial charge >= 0.3 is 5.97 Å². The number of pyridine rings is 1. The summed E-state index contributed by atoms with van der Waals surface area (Å²) in [7, 11) is 1.22. The molecule has 0 spiro atoms. The number of hydrogen-bond donors (Lipinski definition) is 2. The summed E-state index contributed by atoms with van der Waals surface area (Å²) in [6.07, 6.45) is 1.38. The number of aromatic nitrogens is 1. The van der Waals surface area contributed by atoms with E-state index in [-0.39, 0.29) is 12.2 Å². The SMILES string of the molecule is COc1cc(F)c(C(=O)N[C@@H](Cc2ccc(-c3ccc(C#N)cc3Cl)c3ncccc23)C(=O)O)c(F)c1. The number of halogens is 3. The van der Waals surface area contributed by atoms with Crippen LogP contribution in [-0.4, -0.2) is 35.1 Å². The van der Waals surface area contributed by atoms with E-state index in [0.29, 0.717) is 38.2 Å². The highest BCUT2D eigenvalue weighted by Gasteiger charge is 2.26. The summed E-state index contributed by atoms with van der Waals surface area (Å²) in [5.41, 5.74) is 1.82. The Bertz CT molecular complexity index is 1560. The van der Waals surface area contributed by atoms with Gasteiger partial charge in [0, 0.05) is 46.3 Å². The van der Waals surface area contributed by atoms with E-state index in [2.05, 4.69) is 10.3 Å². The molecular formula is C27H18ClF2N3O4. The largest absolute Gasteiger partial charge is 0.497 e. The molecule has 0 bridgehead atoms. The minimum atomic E-state index is -1.50. The third-order valence-corrected chi connectivity index (χ3v) is 6.07. The van der Waals surface area contributed by atoms with Crippen LogP contribution in [0.2, 0.25) is 5.02 Å². The number of hydrogen-bond acceptors (Lipinski definition) is 5. The van der Waals surface area contributed by atoms with Crippen LogP contribution in [0.25, 0.3) is 22.0 Å². The molecule has 0 aliphatic rings. The maximum absolute atomic E-state index is 14.4. The fourth-order valence-corrected chi connectivity index (χ4v) is 4.25. The highest BCUT2D eigenvalue weighted by Crippen LogP contribution is 2.35. The minimum absolute atomic E-state index is 0.122. The van der Waals surface area contributed by atoms with E-state index in [1.54, 1.807) is 42.6 Å². The topological polar surface area (TPSA) is 112 Å². The second-order valence-corrected chi connectivity index (χ2v) is 8.42. The number of carbonyl (C=O) groups excluding carboxylic acids is 1. The molecule has 1 aromatic heterocycles. The quantitative estimate of drug-likeness (QED) is 0.348. The van der Waals surface area contributed by atoms with Gasteiger partial charge in [0.25, 0.3) is 5.91 Å². The number of amides is 1. The Kier molecular flexibility index (Phi) is 7.32. The van der Waals surface area contributed by atoms with Gasteiger partial charge in [-0.2, -0.15) is 5.26 Å². The number of carboxylic acids is 1. The van der Waals surface area contributed by atoms with Crippen LogP contribution in [0.4, 0.5) is 8.78 Å². The molecule has 3 aromatic carbocycles. The van der Waals surface area contributed by atoms with Gasteiger partial charge in [-0.15, -0.1) is 0 Å². The lowest BCUT2D eigenvalue weighted by Gasteiger charge is -2.18. The van der Waals surface area contributed by atoms with Crippen molar-refractivity contribution in [1.82, 2.24) is 10.3 Å². The van der Waals surface area contributed by atoms with Crippen LogP contribution >= 0.6 is 11.6 Å². The van der Waals surface area contributed by atoms with E-state index in [1.165, 1.54) is 13.2 Å². The molecule has 1 atom stereocenters. The first-order valence-corrected chi connectivity index (χ1v) is 11.2. The van der Waals surface area contributed by atoms with Crippen molar-refractivity contribution in [3.63, 3.8) is 0 Å². The molecule has 0 aliphatic heterocycles. The molecule has 1 amide bonds. The van der Waals surface area contributed by atoms with Gasteiger partial charge in [-0.1, -0.05) is 35.9 Å². The molecule has 7 nitrogen and oxygen atoms in total. The van der Waals surface area contributed by atoms with Crippen molar-refractivity contribution < 1.29 is 28.2 Å². The van der Waals surface area contributed by atoms with Crippen LogP contribution in [0.3, 0.4) is 0 Å². The average molecular weight is 522 g/mol. The summed E-state index contributed by atoms with van der Waals surface area (Å²) in [6.45, 7) is 0. The Labute approximate surface area is 214 Å². The number of ether oxygens (including phenoxy) is 1. The van der Waals surface area contributed by atoms with Crippen molar-refractivity contribution in [2.24, 2.45) is 0 Å². The summed E-state index contributed by atoms with van der Waals surface area (Å²) < 4.78 is 33.5. The molecule has 37 heavy (non-hydrogen) atoms. The van der Waals surface area contributed by atoms with Crippen molar-refractivity contribution in [1.29, 1.82) is 5.26 Å². The molecule has 0 unspecified atom stereocenters. The number of nitrogens with one attached hydrogen (secondary N) is 1. The number of benzene rings is 3. The molecule has 2 N–H and O–H groups in total. The Hall–Kier alpha value is -4.55. The number of methoxy groups -OCH3 is 1. The van der Waals surface area contributed by atoms with Gasteiger partial charge in [-0.05, 0) is 23.8 Å². The highest BCUT2D eigenvalue weighted by atomic mass is 35.5. The molecule has 0 aliphatic carbocycles. The Morgan fingerprint density at radius 2 is 1.84 bits per heavy atom. The molecule has 1 heterocycles. The lowest BCUT2D eigenvalue weighted by molar-refractivity contribution is -0.139. The predicted molar refractivity (Wildman–Crippen MR) is 132 cm³/mol. The first-order valence-electron chi connectivity index (χ1n) is 10.9. The van der Waals surface area contributed by atoms with Crippen LogP contribution in [0.5, 0.6) is 5.75 Å². The van der Waals surface area contributed by atoms with Crippen LogP contribution in [0, 0.1) is 23.0 Å². The third kappa shape index (κ3) is 5.20. The summed E-state index contributed by atoms with van der Waals surface area (Å²) in [5.74, 6) is -5.09. The monoisotopic (exact) mass is 521 g/mol. The van der Waals surface area contributed by atoms with Crippen molar-refractivity contribution >= 4 is 34.4 Å². The Balaban J connectivity index is 1.69. The van der Waals surface area contributed by atoms with Crippen molar-refractivity contribution in [2.75, 3.05) is 7.11 Å². The highest BCUT2D eigenvalue weighted by molar-refractivity contribution is 6.33. The zero-order valence-corrected chi connectivity index (χ0v) is 20.0. The molecule has 0 radical (unpaired) electrons. The van der Waals surface area contributed by atoms with Gasteiger partial charge < -0.3 is 15.2 Å². The van der Waals surface area contributed by atoms with Gasteiger partial charge in [-0.3, -0.25) is 9.78 Å². The van der Waals surface area contributed by atoms with Crippen molar-refractivity contribution in [3.8, 4) is 22.9 Å². The molecule has 186 valence electrons. The fraction of sp³-hybridized carbons (Fsp3) is 0.111. The van der Waals surface area contributed by atoms with Crippen LogP contribution in [-0.2, 0) is 11.2 Å². The second-order valence-electron chi connectivity index (χ2n) is 8.01. The molecular weight excluding hydrogens is 504 g/mol.